The molecule has 7 aromatic rings. The van der Waals surface area contributed by atoms with Crippen LogP contribution in [0.15, 0.2) is 77.3 Å². The molecule has 5 aromatic heterocycles. The maximum atomic E-state index is 8.58. The van der Waals surface area contributed by atoms with Crippen LogP contribution >= 0.6 is 11.3 Å². The van der Waals surface area contributed by atoms with E-state index in [-0.39, 0.29) is 31.5 Å². The summed E-state index contributed by atoms with van der Waals surface area (Å²) in [7, 11) is 0. The van der Waals surface area contributed by atoms with Crippen molar-refractivity contribution in [2.24, 2.45) is 5.41 Å². The molecule has 0 aliphatic heterocycles. The summed E-state index contributed by atoms with van der Waals surface area (Å²) in [4.78, 5) is 14.8. The molecule has 0 aliphatic carbocycles. The number of benzene rings is 2. The number of rotatable bonds is 3. The first-order chi connectivity index (χ1) is 22.5. The molecule has 0 aliphatic rings. The van der Waals surface area contributed by atoms with Gasteiger partial charge in [0, 0.05) is 54.5 Å². The zero-order chi connectivity index (χ0) is 34.6. The molecule has 2 aromatic carbocycles. The van der Waals surface area contributed by atoms with Gasteiger partial charge in [0.2, 0.25) is 5.71 Å². The normalized spacial score (nSPS) is 13.7. The number of hydrogen-bond acceptors (Lipinski definition) is 5. The Bertz CT molecular complexity index is 2290. The van der Waals surface area contributed by atoms with Crippen LogP contribution in [0.3, 0.4) is 0 Å². The number of furan rings is 1. The fourth-order valence-electron chi connectivity index (χ4n) is 4.73. The Labute approximate surface area is 284 Å². The zero-order valence-corrected chi connectivity index (χ0v) is 28.6. The quantitative estimate of drug-likeness (QED) is 0.168. The maximum absolute atomic E-state index is 8.58. The molecule has 6 heteroatoms. The van der Waals surface area contributed by atoms with Crippen LogP contribution in [0.1, 0.15) is 54.9 Å². The van der Waals surface area contributed by atoms with Gasteiger partial charge in [-0.1, -0.05) is 62.4 Å². The SMILES string of the molecule is Cc1c[c-]c(-c2cc(C)c(C)cn2)cc1.[2H]C([2H])([2H])c1ccc2c(n1)oc1c(-c3ccc4cc(C([2H])([2H])C(C)(C)C)sc4n3)[c-]ccc12.[Ir]. The number of pyridine rings is 3. The number of nitrogens with zero attached hydrogens (tertiary/aromatic N) is 3. The second-order valence-electron chi connectivity index (χ2n) is 11.8. The molecular formula is C38H35IrN3OS-2. The summed E-state index contributed by atoms with van der Waals surface area (Å²) < 4.78 is 46.0. The third kappa shape index (κ3) is 6.83. The van der Waals surface area contributed by atoms with E-state index in [1.165, 1.54) is 34.1 Å². The molecule has 0 amide bonds. The minimum absolute atomic E-state index is 0. The molecule has 0 fully saturated rings. The van der Waals surface area contributed by atoms with E-state index in [2.05, 4.69) is 61.1 Å². The van der Waals surface area contributed by atoms with Crippen molar-refractivity contribution < 1.29 is 31.4 Å². The fourth-order valence-corrected chi connectivity index (χ4v) is 5.87. The van der Waals surface area contributed by atoms with Crippen molar-refractivity contribution >= 4 is 43.6 Å². The van der Waals surface area contributed by atoms with Crippen LogP contribution in [0.4, 0.5) is 0 Å². The largest absolute Gasteiger partial charge is 0.486 e. The van der Waals surface area contributed by atoms with Crippen molar-refractivity contribution in [1.82, 2.24) is 15.0 Å². The Morgan fingerprint density at radius 1 is 0.909 bits per heavy atom. The van der Waals surface area contributed by atoms with E-state index in [9.17, 15) is 0 Å². The van der Waals surface area contributed by atoms with Crippen molar-refractivity contribution in [3.8, 4) is 22.5 Å². The number of fused-ring (bicyclic) bond motifs is 4. The molecular weight excluding hydrogens is 739 g/mol. The molecule has 0 bridgehead atoms. The summed E-state index contributed by atoms with van der Waals surface area (Å²) in [5.41, 5.74) is 7.31. The predicted molar refractivity (Wildman–Crippen MR) is 180 cm³/mol. The van der Waals surface area contributed by atoms with Crippen molar-refractivity contribution in [2.45, 2.75) is 54.8 Å². The van der Waals surface area contributed by atoms with Crippen LogP contribution in [-0.4, -0.2) is 15.0 Å². The number of aryl methyl sites for hydroxylation is 4. The number of aromatic nitrogens is 3. The third-order valence-corrected chi connectivity index (χ3v) is 8.01. The van der Waals surface area contributed by atoms with E-state index in [4.69, 9.17) is 16.3 Å². The predicted octanol–water partition coefficient (Wildman–Crippen LogP) is 10.4. The molecule has 5 heterocycles. The van der Waals surface area contributed by atoms with Gasteiger partial charge in [0.15, 0.2) is 0 Å². The van der Waals surface area contributed by atoms with E-state index >= 15 is 0 Å². The number of hydrogen-bond donors (Lipinski definition) is 0. The second-order valence-corrected chi connectivity index (χ2v) is 12.8. The summed E-state index contributed by atoms with van der Waals surface area (Å²) in [6.07, 6.45) is 0.425. The molecule has 0 saturated carbocycles. The van der Waals surface area contributed by atoms with E-state index < -0.39 is 18.6 Å². The molecule has 0 saturated heterocycles. The fraction of sp³-hybridized carbons (Fsp3) is 0.237. The molecule has 7 rings (SSSR count). The van der Waals surface area contributed by atoms with Crippen LogP contribution < -0.4 is 0 Å². The Kier molecular flexibility index (Phi) is 7.41. The molecule has 0 unspecified atom stereocenters. The summed E-state index contributed by atoms with van der Waals surface area (Å²) in [6.45, 7) is 9.59. The molecule has 225 valence electrons. The van der Waals surface area contributed by atoms with Gasteiger partial charge in [-0.05, 0) is 67.6 Å². The topological polar surface area (TPSA) is 51.8 Å². The standard InChI is InChI=1S/C24H21N2OS.C14H14N.Ir/c1-14-8-10-18-17-6-5-7-19(21(17)27-22(18)25-14)20-11-9-15-12-16(13-24(2,3)4)28-23(15)26-20;1-10-4-6-13(7-5-10)14-8-11(2)12(3)9-15-14;/h5-6,8-12H,13H2,1-4H3;4-6,8-9H,1-3H3;/q2*-1;/i1D3,13D2;;. The van der Waals surface area contributed by atoms with Crippen molar-refractivity contribution in [2.75, 3.05) is 0 Å². The van der Waals surface area contributed by atoms with E-state index in [1.807, 2.05) is 57.3 Å². The Morgan fingerprint density at radius 2 is 1.75 bits per heavy atom. The average molecular weight is 779 g/mol. The number of thiophene rings is 1. The maximum Gasteiger partial charge on any atom is 0.216 e. The van der Waals surface area contributed by atoms with Gasteiger partial charge in [0.05, 0.1) is 5.58 Å². The van der Waals surface area contributed by atoms with Gasteiger partial charge in [0.25, 0.3) is 0 Å². The van der Waals surface area contributed by atoms with E-state index in [0.29, 0.717) is 21.7 Å². The van der Waals surface area contributed by atoms with Gasteiger partial charge in [-0.25, -0.2) is 4.98 Å². The third-order valence-electron chi connectivity index (χ3n) is 7.05. The molecule has 0 N–H and O–H groups in total. The summed E-state index contributed by atoms with van der Waals surface area (Å²) in [6, 6.07) is 27.2. The van der Waals surface area contributed by atoms with Gasteiger partial charge in [0.1, 0.15) is 4.83 Å². The average Bonchev–Trinajstić information content (AvgIpc) is 3.63. The smallest absolute Gasteiger partial charge is 0.216 e. The molecule has 4 nitrogen and oxygen atoms in total. The van der Waals surface area contributed by atoms with E-state index in [0.717, 1.165) is 32.2 Å². The first-order valence-corrected chi connectivity index (χ1v) is 14.9. The van der Waals surface area contributed by atoms with Crippen LogP contribution in [0.25, 0.3) is 54.8 Å². The van der Waals surface area contributed by atoms with Gasteiger partial charge >= 0.3 is 0 Å². The van der Waals surface area contributed by atoms with Gasteiger partial charge in [-0.2, -0.15) is 0 Å². The van der Waals surface area contributed by atoms with Gasteiger partial charge < -0.3 is 9.40 Å². The van der Waals surface area contributed by atoms with Crippen LogP contribution in [0.2, 0.25) is 0 Å². The molecule has 0 spiro atoms. The van der Waals surface area contributed by atoms with Gasteiger partial charge in [-0.3, -0.25) is 4.98 Å². The van der Waals surface area contributed by atoms with Gasteiger partial charge in [-0.15, -0.1) is 64.9 Å². The Balaban J connectivity index is 0.000000246. The second kappa shape index (κ2) is 12.7. The summed E-state index contributed by atoms with van der Waals surface area (Å²) >= 11 is 1.35. The monoisotopic (exact) mass is 779 g/mol. The minimum atomic E-state index is -2.32. The first kappa shape index (κ1) is 25.6. The van der Waals surface area contributed by atoms with Crippen LogP contribution in [-0.2, 0) is 26.5 Å². The molecule has 1 radical (unpaired) electrons. The zero-order valence-electron chi connectivity index (χ0n) is 30.4. The Morgan fingerprint density at radius 3 is 2.48 bits per heavy atom. The molecule has 44 heavy (non-hydrogen) atoms. The first-order valence-electron chi connectivity index (χ1n) is 16.6. The van der Waals surface area contributed by atoms with Crippen molar-refractivity contribution in [3.05, 3.63) is 112 Å². The summed E-state index contributed by atoms with van der Waals surface area (Å²) in [5, 5.41) is 2.42. The van der Waals surface area contributed by atoms with Crippen LogP contribution in [0, 0.1) is 45.2 Å². The van der Waals surface area contributed by atoms with Crippen LogP contribution in [0.5, 0.6) is 0 Å². The van der Waals surface area contributed by atoms with Crippen molar-refractivity contribution in [3.63, 3.8) is 0 Å². The van der Waals surface area contributed by atoms with Crippen molar-refractivity contribution in [1.29, 1.82) is 0 Å². The molecule has 0 atom stereocenters. The Hall–Kier alpha value is -3.70. The minimum Gasteiger partial charge on any atom is -0.486 e. The van der Waals surface area contributed by atoms with E-state index in [1.54, 1.807) is 12.1 Å². The summed E-state index contributed by atoms with van der Waals surface area (Å²) in [5.74, 6) is 0.